The Morgan fingerprint density at radius 2 is 1.88 bits per heavy atom. The van der Waals surface area contributed by atoms with Gasteiger partial charge >= 0.3 is 0 Å². The van der Waals surface area contributed by atoms with Gasteiger partial charge in [-0.2, -0.15) is 4.98 Å². The molecule has 0 atom stereocenters. The molecule has 8 nitrogen and oxygen atoms in total. The number of carbonyl (C=O) groups is 2. The van der Waals surface area contributed by atoms with E-state index >= 15 is 0 Å². The molecule has 33 heavy (non-hydrogen) atoms. The molecule has 0 bridgehead atoms. The van der Waals surface area contributed by atoms with Gasteiger partial charge in [0.05, 0.1) is 19.3 Å². The maximum Gasteiger partial charge on any atom is 0.298 e. The molecule has 1 fully saturated rings. The van der Waals surface area contributed by atoms with Gasteiger partial charge in [0, 0.05) is 25.6 Å². The highest BCUT2D eigenvalue weighted by atomic mass is 16.5. The van der Waals surface area contributed by atoms with E-state index in [1.807, 2.05) is 43.3 Å². The van der Waals surface area contributed by atoms with Crippen LogP contribution in [0.2, 0.25) is 0 Å². The quantitative estimate of drug-likeness (QED) is 0.560. The molecule has 1 N–H and O–H groups in total. The zero-order valence-electron chi connectivity index (χ0n) is 19.1. The van der Waals surface area contributed by atoms with Crippen LogP contribution in [0, 0.1) is 5.92 Å². The summed E-state index contributed by atoms with van der Waals surface area (Å²) in [5, 5.41) is 2.86. The molecule has 3 aromatic rings. The van der Waals surface area contributed by atoms with Crippen LogP contribution >= 0.6 is 0 Å². The number of benzene rings is 2. The van der Waals surface area contributed by atoms with Crippen LogP contribution in [0.5, 0.6) is 5.75 Å². The molecule has 174 valence electrons. The third-order valence-corrected chi connectivity index (χ3v) is 5.92. The molecule has 0 radical (unpaired) electrons. The van der Waals surface area contributed by atoms with Crippen molar-refractivity contribution in [2.24, 2.45) is 5.92 Å². The van der Waals surface area contributed by atoms with Crippen molar-refractivity contribution in [2.45, 2.75) is 26.2 Å². The fraction of sp³-hybridized carbons (Fsp3) is 0.400. The predicted octanol–water partition coefficient (Wildman–Crippen LogP) is 3.93. The van der Waals surface area contributed by atoms with Gasteiger partial charge in [-0.1, -0.05) is 31.2 Å². The number of hydrogen-bond acceptors (Lipinski definition) is 6. The highest BCUT2D eigenvalue weighted by Gasteiger charge is 2.30. The average Bonchev–Trinajstić information content (AvgIpc) is 3.28. The lowest BCUT2D eigenvalue weighted by Gasteiger charge is -2.33. The van der Waals surface area contributed by atoms with Crippen LogP contribution in [-0.4, -0.2) is 55.0 Å². The highest BCUT2D eigenvalue weighted by Crippen LogP contribution is 2.27. The van der Waals surface area contributed by atoms with Crippen LogP contribution in [0.1, 0.15) is 26.2 Å². The Morgan fingerprint density at radius 3 is 2.61 bits per heavy atom. The van der Waals surface area contributed by atoms with Crippen molar-refractivity contribution >= 4 is 34.6 Å². The lowest BCUT2D eigenvalue weighted by molar-refractivity contribution is -0.139. The van der Waals surface area contributed by atoms with E-state index < -0.39 is 0 Å². The molecular formula is C25H30N4O4. The molecule has 0 saturated carbocycles. The topological polar surface area (TPSA) is 87.9 Å². The van der Waals surface area contributed by atoms with E-state index in [1.165, 1.54) is 0 Å². The van der Waals surface area contributed by atoms with E-state index in [0.29, 0.717) is 49.9 Å². The number of anilines is 2. The Hall–Kier alpha value is -3.55. The Morgan fingerprint density at radius 1 is 1.15 bits per heavy atom. The van der Waals surface area contributed by atoms with Gasteiger partial charge in [-0.05, 0) is 43.5 Å². The van der Waals surface area contributed by atoms with Crippen LogP contribution in [-0.2, 0) is 9.59 Å². The number of carbonyl (C=O) groups excluding carboxylic acids is 2. The molecule has 2 heterocycles. The molecule has 1 saturated heterocycles. The minimum absolute atomic E-state index is 0.0239. The summed E-state index contributed by atoms with van der Waals surface area (Å²) in [5.74, 6) is 0.275. The maximum absolute atomic E-state index is 13.2. The zero-order valence-corrected chi connectivity index (χ0v) is 19.1. The first-order valence-electron chi connectivity index (χ1n) is 11.4. The first kappa shape index (κ1) is 22.6. The van der Waals surface area contributed by atoms with Crippen LogP contribution < -0.4 is 15.0 Å². The number of nitrogens with one attached hydrogen (secondary N) is 1. The van der Waals surface area contributed by atoms with Gasteiger partial charge in [0.15, 0.2) is 5.58 Å². The number of hydrogen-bond donors (Lipinski definition) is 1. The van der Waals surface area contributed by atoms with Gasteiger partial charge in [-0.3, -0.25) is 9.59 Å². The van der Waals surface area contributed by atoms with Gasteiger partial charge in [-0.25, -0.2) is 0 Å². The minimum Gasteiger partial charge on any atom is -0.495 e. The fourth-order valence-corrected chi connectivity index (χ4v) is 4.22. The number of ether oxygens (including phenoxy) is 1. The van der Waals surface area contributed by atoms with E-state index in [0.717, 1.165) is 17.5 Å². The van der Waals surface area contributed by atoms with E-state index in [9.17, 15) is 9.59 Å². The summed E-state index contributed by atoms with van der Waals surface area (Å²) in [4.78, 5) is 34.3. The van der Waals surface area contributed by atoms with Gasteiger partial charge in [0.25, 0.3) is 6.01 Å². The van der Waals surface area contributed by atoms with E-state index in [-0.39, 0.29) is 24.3 Å². The second-order valence-electron chi connectivity index (χ2n) is 8.23. The monoisotopic (exact) mass is 450 g/mol. The molecule has 0 aliphatic carbocycles. The number of aromatic nitrogens is 1. The number of methoxy groups -OCH3 is 1. The summed E-state index contributed by atoms with van der Waals surface area (Å²) in [6.45, 7) is 3.96. The second-order valence-corrected chi connectivity index (χ2v) is 8.23. The summed E-state index contributed by atoms with van der Waals surface area (Å²) in [6.07, 6.45) is 2.19. The van der Waals surface area contributed by atoms with Crippen LogP contribution in [0.4, 0.5) is 11.7 Å². The molecule has 4 rings (SSSR count). The third-order valence-electron chi connectivity index (χ3n) is 5.92. The molecule has 2 amide bonds. The number of nitrogens with zero attached hydrogens (tertiary/aromatic N) is 3. The van der Waals surface area contributed by atoms with E-state index in [4.69, 9.17) is 9.15 Å². The smallest absolute Gasteiger partial charge is 0.298 e. The summed E-state index contributed by atoms with van der Waals surface area (Å²) in [5.41, 5.74) is 2.20. The summed E-state index contributed by atoms with van der Waals surface area (Å²) >= 11 is 0. The second kappa shape index (κ2) is 10.4. The van der Waals surface area contributed by atoms with Gasteiger partial charge in [-0.15, -0.1) is 0 Å². The number of para-hydroxylation sites is 4. The third kappa shape index (κ3) is 5.27. The lowest BCUT2D eigenvalue weighted by Crippen LogP contribution is -2.45. The molecule has 0 unspecified atom stereocenters. The first-order chi connectivity index (χ1) is 16.1. The lowest BCUT2D eigenvalue weighted by atomic mass is 9.95. The summed E-state index contributed by atoms with van der Waals surface area (Å²) in [7, 11) is 1.56. The fourth-order valence-electron chi connectivity index (χ4n) is 4.22. The Bertz CT molecular complexity index is 1070. The number of piperidine rings is 1. The summed E-state index contributed by atoms with van der Waals surface area (Å²) in [6, 6.07) is 15.5. The first-order valence-corrected chi connectivity index (χ1v) is 11.4. The molecule has 1 aliphatic rings. The number of rotatable bonds is 8. The number of fused-ring (bicyclic) bond motifs is 1. The average molecular weight is 451 g/mol. The SMILES string of the molecule is CCCN(CC(=O)Nc1ccccc1OC)C(=O)C1CCN(c2nc3ccccc3o2)CC1. The van der Waals surface area contributed by atoms with Crippen molar-refractivity contribution in [1.82, 2.24) is 9.88 Å². The van der Waals surface area contributed by atoms with Crippen molar-refractivity contribution in [3.05, 3.63) is 48.5 Å². The molecule has 1 aliphatic heterocycles. The predicted molar refractivity (Wildman–Crippen MR) is 127 cm³/mol. The molecular weight excluding hydrogens is 420 g/mol. The largest absolute Gasteiger partial charge is 0.495 e. The van der Waals surface area contributed by atoms with Crippen LogP contribution in [0.15, 0.2) is 52.9 Å². The van der Waals surface area contributed by atoms with Crippen LogP contribution in [0.25, 0.3) is 11.1 Å². The van der Waals surface area contributed by atoms with Gasteiger partial charge < -0.3 is 24.3 Å². The Balaban J connectivity index is 1.35. The number of oxazole rings is 1. The normalized spacial score (nSPS) is 14.3. The van der Waals surface area contributed by atoms with Crippen molar-refractivity contribution in [1.29, 1.82) is 0 Å². The van der Waals surface area contributed by atoms with E-state index in [2.05, 4.69) is 15.2 Å². The van der Waals surface area contributed by atoms with Crippen molar-refractivity contribution in [2.75, 3.05) is 43.5 Å². The molecule has 1 aromatic heterocycles. The molecule has 8 heteroatoms. The van der Waals surface area contributed by atoms with Crippen molar-refractivity contribution in [3.63, 3.8) is 0 Å². The van der Waals surface area contributed by atoms with Gasteiger partial charge in [0.2, 0.25) is 11.8 Å². The molecule has 0 spiro atoms. The van der Waals surface area contributed by atoms with Crippen molar-refractivity contribution < 1.29 is 18.7 Å². The van der Waals surface area contributed by atoms with Crippen molar-refractivity contribution in [3.8, 4) is 5.75 Å². The van der Waals surface area contributed by atoms with Gasteiger partial charge in [0.1, 0.15) is 11.3 Å². The number of amides is 2. The standard InChI is InChI=1S/C25H30N4O4/c1-3-14-29(17-23(30)26-19-8-4-6-10-21(19)32-2)24(31)18-12-15-28(16-13-18)25-27-20-9-5-7-11-22(20)33-25/h4-11,18H,3,12-17H2,1-2H3,(H,26,30). The highest BCUT2D eigenvalue weighted by molar-refractivity contribution is 5.96. The van der Waals surface area contributed by atoms with E-state index in [1.54, 1.807) is 24.1 Å². The Kier molecular flexibility index (Phi) is 7.12. The zero-order chi connectivity index (χ0) is 23.2. The molecule has 2 aromatic carbocycles. The Labute approximate surface area is 193 Å². The van der Waals surface area contributed by atoms with Crippen LogP contribution in [0.3, 0.4) is 0 Å². The summed E-state index contributed by atoms with van der Waals surface area (Å²) < 4.78 is 11.2. The minimum atomic E-state index is -0.231. The maximum atomic E-state index is 13.2.